The summed E-state index contributed by atoms with van der Waals surface area (Å²) in [7, 11) is 0. The SMILES string of the molecule is CC(O)C(NC(=O)C(N)Cc1ccc(O)cc1)C(=O)NC(CO)C(=O)NC(CC(=O)O)C(=O)O. The molecule has 1 aromatic carbocycles. The number of phenolic OH excluding ortho intramolecular Hbond substituents is 1. The van der Waals surface area contributed by atoms with Crippen molar-refractivity contribution in [2.24, 2.45) is 5.73 Å². The Morgan fingerprint density at radius 3 is 1.94 bits per heavy atom. The van der Waals surface area contributed by atoms with Crippen LogP contribution in [0.25, 0.3) is 0 Å². The maximum Gasteiger partial charge on any atom is 0.326 e. The molecule has 34 heavy (non-hydrogen) atoms. The van der Waals surface area contributed by atoms with E-state index in [0.717, 1.165) is 0 Å². The van der Waals surface area contributed by atoms with Gasteiger partial charge in [-0.05, 0) is 31.0 Å². The molecular weight excluding hydrogens is 456 g/mol. The number of rotatable bonds is 13. The lowest BCUT2D eigenvalue weighted by Gasteiger charge is -2.25. The highest BCUT2D eigenvalue weighted by Gasteiger charge is 2.32. The first-order valence-corrected chi connectivity index (χ1v) is 10.0. The highest BCUT2D eigenvalue weighted by Crippen LogP contribution is 2.11. The second-order valence-corrected chi connectivity index (χ2v) is 7.44. The van der Waals surface area contributed by atoms with Gasteiger partial charge in [0.1, 0.15) is 23.9 Å². The van der Waals surface area contributed by atoms with E-state index in [0.29, 0.717) is 5.56 Å². The Bertz CT molecular complexity index is 890. The number of nitrogens with one attached hydrogen (secondary N) is 3. The zero-order valence-corrected chi connectivity index (χ0v) is 18.2. The molecule has 0 aliphatic carbocycles. The third-order valence-corrected chi connectivity index (χ3v) is 4.60. The third kappa shape index (κ3) is 9.01. The van der Waals surface area contributed by atoms with Gasteiger partial charge in [-0.15, -0.1) is 0 Å². The van der Waals surface area contributed by atoms with E-state index in [9.17, 15) is 39.3 Å². The molecule has 0 radical (unpaired) electrons. The van der Waals surface area contributed by atoms with E-state index in [4.69, 9.17) is 15.9 Å². The van der Waals surface area contributed by atoms with E-state index >= 15 is 0 Å². The first kappa shape index (κ1) is 28.3. The number of aromatic hydroxyl groups is 1. The largest absolute Gasteiger partial charge is 0.508 e. The summed E-state index contributed by atoms with van der Waals surface area (Å²) in [6.07, 6.45) is -2.36. The van der Waals surface area contributed by atoms with Crippen LogP contribution in [0.15, 0.2) is 24.3 Å². The number of aliphatic hydroxyl groups excluding tert-OH is 2. The maximum atomic E-state index is 12.6. The quantitative estimate of drug-likeness (QED) is 0.134. The number of aliphatic hydroxyl groups is 2. The van der Waals surface area contributed by atoms with Gasteiger partial charge in [0.15, 0.2) is 0 Å². The number of hydrogen-bond acceptors (Lipinski definition) is 9. The number of carbonyl (C=O) groups is 5. The minimum atomic E-state index is -1.82. The fourth-order valence-corrected chi connectivity index (χ4v) is 2.75. The summed E-state index contributed by atoms with van der Waals surface area (Å²) in [6, 6.07) is -0.360. The summed E-state index contributed by atoms with van der Waals surface area (Å²) in [5, 5.41) is 52.6. The molecule has 3 amide bonds. The molecule has 0 aliphatic heterocycles. The van der Waals surface area contributed by atoms with Crippen LogP contribution < -0.4 is 21.7 Å². The van der Waals surface area contributed by atoms with Crippen molar-refractivity contribution >= 4 is 29.7 Å². The van der Waals surface area contributed by atoms with Crippen LogP contribution in [0, 0.1) is 0 Å². The van der Waals surface area contributed by atoms with Crippen LogP contribution in [0.5, 0.6) is 5.75 Å². The van der Waals surface area contributed by atoms with Crippen LogP contribution in [-0.4, -0.2) is 92.1 Å². The average Bonchev–Trinajstić information content (AvgIpc) is 2.75. The molecule has 10 N–H and O–H groups in total. The molecule has 0 bridgehead atoms. The fraction of sp³-hybridized carbons (Fsp3) is 0.450. The van der Waals surface area contributed by atoms with Gasteiger partial charge in [0.2, 0.25) is 17.7 Å². The number of carboxylic acids is 2. The Morgan fingerprint density at radius 1 is 0.912 bits per heavy atom. The van der Waals surface area contributed by atoms with Gasteiger partial charge in [-0.25, -0.2) is 4.79 Å². The van der Waals surface area contributed by atoms with Crippen molar-refractivity contribution in [3.8, 4) is 5.75 Å². The van der Waals surface area contributed by atoms with Crippen molar-refractivity contribution in [2.75, 3.05) is 6.61 Å². The first-order chi connectivity index (χ1) is 15.8. The molecule has 0 saturated carbocycles. The van der Waals surface area contributed by atoms with Gasteiger partial charge in [-0.3, -0.25) is 19.2 Å². The lowest BCUT2D eigenvalue weighted by atomic mass is 10.0. The Labute approximate surface area is 193 Å². The van der Waals surface area contributed by atoms with Crippen LogP contribution in [-0.2, 0) is 30.4 Å². The number of hydrogen-bond donors (Lipinski definition) is 9. The van der Waals surface area contributed by atoms with Crippen LogP contribution in [0.1, 0.15) is 18.9 Å². The van der Waals surface area contributed by atoms with Crippen LogP contribution in [0.2, 0.25) is 0 Å². The zero-order chi connectivity index (χ0) is 26.0. The molecule has 0 fully saturated rings. The second-order valence-electron chi connectivity index (χ2n) is 7.44. The van der Waals surface area contributed by atoms with E-state index in [1.165, 1.54) is 19.1 Å². The first-order valence-electron chi connectivity index (χ1n) is 10.0. The fourth-order valence-electron chi connectivity index (χ4n) is 2.75. The summed E-state index contributed by atoms with van der Waals surface area (Å²) in [4.78, 5) is 59.0. The van der Waals surface area contributed by atoms with E-state index in [2.05, 4.69) is 10.6 Å². The molecule has 5 atom stereocenters. The Hall–Kier alpha value is -3.75. The molecule has 1 rings (SSSR count). The molecule has 5 unspecified atom stereocenters. The molecule has 1 aromatic rings. The van der Waals surface area contributed by atoms with Crippen molar-refractivity contribution < 1.29 is 49.5 Å². The molecule has 14 heteroatoms. The summed E-state index contributed by atoms with van der Waals surface area (Å²) in [6.45, 7) is 0.190. The number of phenols is 1. The topological polar surface area (TPSA) is 249 Å². The van der Waals surface area contributed by atoms with Crippen LogP contribution >= 0.6 is 0 Å². The van der Waals surface area contributed by atoms with Crippen molar-refractivity contribution in [1.82, 2.24) is 16.0 Å². The predicted octanol–water partition coefficient (Wildman–Crippen LogP) is -3.35. The van der Waals surface area contributed by atoms with Crippen molar-refractivity contribution in [2.45, 2.75) is 50.0 Å². The maximum absolute atomic E-state index is 12.6. The Balaban J connectivity index is 2.81. The number of carbonyl (C=O) groups excluding carboxylic acids is 3. The van der Waals surface area contributed by atoms with E-state index in [-0.39, 0.29) is 12.2 Å². The van der Waals surface area contributed by atoms with Crippen molar-refractivity contribution in [3.63, 3.8) is 0 Å². The average molecular weight is 484 g/mol. The second kappa shape index (κ2) is 13.1. The highest BCUT2D eigenvalue weighted by molar-refractivity contribution is 5.95. The molecule has 14 nitrogen and oxygen atoms in total. The number of nitrogens with two attached hydrogens (primary N) is 1. The zero-order valence-electron chi connectivity index (χ0n) is 18.2. The van der Waals surface area contributed by atoms with Gasteiger partial charge in [-0.1, -0.05) is 12.1 Å². The van der Waals surface area contributed by atoms with Gasteiger partial charge >= 0.3 is 11.9 Å². The summed E-state index contributed by atoms with van der Waals surface area (Å²) in [5.74, 6) is -6.21. The van der Waals surface area contributed by atoms with Gasteiger partial charge < -0.3 is 47.2 Å². The smallest absolute Gasteiger partial charge is 0.326 e. The van der Waals surface area contributed by atoms with E-state index in [1.807, 2.05) is 5.32 Å². The Kier molecular flexibility index (Phi) is 10.9. The van der Waals surface area contributed by atoms with Crippen LogP contribution in [0.3, 0.4) is 0 Å². The summed E-state index contributed by atoms with van der Waals surface area (Å²) in [5.41, 5.74) is 6.45. The minimum Gasteiger partial charge on any atom is -0.508 e. The van der Waals surface area contributed by atoms with Gasteiger partial charge in [-0.2, -0.15) is 0 Å². The standard InChI is InChI=1S/C20H28N4O10/c1-9(26)16(24-17(30)12(21)6-10-2-4-11(27)5-3-10)19(32)23-14(8-25)18(31)22-13(20(33)34)7-15(28)29/h2-5,9,12-14,16,25-27H,6-8,21H2,1H3,(H,22,31)(H,23,32)(H,24,30)(H,28,29)(H,33,34). The monoisotopic (exact) mass is 484 g/mol. The molecule has 0 aliphatic rings. The normalized spacial score (nSPS) is 15.2. The number of carboxylic acid groups (broad SMARTS) is 2. The number of amides is 3. The lowest BCUT2D eigenvalue weighted by Crippen LogP contribution is -2.60. The van der Waals surface area contributed by atoms with Gasteiger partial charge in [0, 0.05) is 0 Å². The molecule has 0 spiro atoms. The van der Waals surface area contributed by atoms with Crippen molar-refractivity contribution in [1.29, 1.82) is 0 Å². The van der Waals surface area contributed by atoms with Crippen molar-refractivity contribution in [3.05, 3.63) is 29.8 Å². The molecular formula is C20H28N4O10. The highest BCUT2D eigenvalue weighted by atomic mass is 16.4. The summed E-state index contributed by atoms with van der Waals surface area (Å²) >= 11 is 0. The van der Waals surface area contributed by atoms with E-state index in [1.54, 1.807) is 12.1 Å². The minimum absolute atomic E-state index is 0.0210. The lowest BCUT2D eigenvalue weighted by molar-refractivity contribution is -0.147. The van der Waals surface area contributed by atoms with Gasteiger partial charge in [0.25, 0.3) is 0 Å². The third-order valence-electron chi connectivity index (χ3n) is 4.60. The predicted molar refractivity (Wildman–Crippen MR) is 114 cm³/mol. The van der Waals surface area contributed by atoms with Crippen LogP contribution in [0.4, 0.5) is 0 Å². The molecule has 0 aromatic heterocycles. The molecule has 188 valence electrons. The summed E-state index contributed by atoms with van der Waals surface area (Å²) < 4.78 is 0. The Morgan fingerprint density at radius 2 is 1.47 bits per heavy atom. The number of benzene rings is 1. The number of aliphatic carboxylic acids is 2. The van der Waals surface area contributed by atoms with E-state index < -0.39 is 73.0 Å². The van der Waals surface area contributed by atoms with Gasteiger partial charge in [0.05, 0.1) is 25.2 Å². The molecule has 0 saturated heterocycles. The molecule has 0 heterocycles.